The fourth-order valence-corrected chi connectivity index (χ4v) is 1.81. The maximum Gasteiger partial charge on any atom is 0.185 e. The third kappa shape index (κ3) is 4.82. The van der Waals surface area contributed by atoms with Crippen molar-refractivity contribution in [2.24, 2.45) is 0 Å². The number of hydrogen-bond donors (Lipinski definition) is 1. The van der Waals surface area contributed by atoms with Gasteiger partial charge in [-0.25, -0.2) is 4.39 Å². The van der Waals surface area contributed by atoms with E-state index in [0.29, 0.717) is 24.3 Å². The zero-order valence-corrected chi connectivity index (χ0v) is 12.0. The molecule has 0 aliphatic heterocycles. The number of aliphatic hydroxyl groups is 1. The number of allylic oxidation sites excluding steroid dienone is 1. The van der Waals surface area contributed by atoms with Crippen molar-refractivity contribution < 1.29 is 19.0 Å². The number of hydrogen-bond acceptors (Lipinski definition) is 3. The van der Waals surface area contributed by atoms with Gasteiger partial charge in [-0.1, -0.05) is 18.2 Å². The van der Waals surface area contributed by atoms with Gasteiger partial charge in [0, 0.05) is 18.6 Å². The van der Waals surface area contributed by atoms with Crippen LogP contribution in [0.3, 0.4) is 0 Å². The fraction of sp³-hybridized carbons (Fsp3) is 0.167. The Morgan fingerprint density at radius 3 is 2.41 bits per heavy atom. The molecule has 0 radical (unpaired) electrons. The van der Waals surface area contributed by atoms with Crippen molar-refractivity contribution in [2.45, 2.75) is 6.42 Å². The molecule has 0 bridgehead atoms. The molecular weight excluding hydrogens is 283 g/mol. The Morgan fingerprint density at radius 2 is 1.77 bits per heavy atom. The van der Waals surface area contributed by atoms with Crippen molar-refractivity contribution in [3.8, 4) is 5.75 Å². The van der Waals surface area contributed by atoms with Gasteiger partial charge in [-0.2, -0.15) is 0 Å². The lowest BCUT2D eigenvalue weighted by Gasteiger charge is -2.05. The summed E-state index contributed by atoms with van der Waals surface area (Å²) in [6.45, 7) is 0.527. The van der Waals surface area contributed by atoms with Crippen molar-refractivity contribution in [2.75, 3.05) is 13.2 Å². The number of benzene rings is 2. The third-order valence-corrected chi connectivity index (χ3v) is 3.01. The van der Waals surface area contributed by atoms with Gasteiger partial charge in [0.15, 0.2) is 5.78 Å². The predicted octanol–water partition coefficient (Wildman–Crippen LogP) is 3.48. The summed E-state index contributed by atoms with van der Waals surface area (Å²) in [5, 5.41) is 8.68. The van der Waals surface area contributed by atoms with Crippen LogP contribution < -0.4 is 4.74 Å². The molecule has 0 spiro atoms. The summed E-state index contributed by atoms with van der Waals surface area (Å²) in [4.78, 5) is 12.0. The number of halogens is 1. The molecule has 0 heterocycles. The van der Waals surface area contributed by atoms with Crippen LogP contribution in [-0.2, 0) is 0 Å². The molecule has 0 unspecified atom stereocenters. The first-order valence-electron chi connectivity index (χ1n) is 7.01. The van der Waals surface area contributed by atoms with Gasteiger partial charge >= 0.3 is 0 Å². The molecule has 0 saturated carbocycles. The smallest absolute Gasteiger partial charge is 0.185 e. The van der Waals surface area contributed by atoms with E-state index >= 15 is 0 Å². The van der Waals surface area contributed by atoms with Crippen LogP contribution in [-0.4, -0.2) is 24.1 Å². The normalized spacial score (nSPS) is 10.8. The Kier molecular flexibility index (Phi) is 5.86. The largest absolute Gasteiger partial charge is 0.494 e. The van der Waals surface area contributed by atoms with Crippen LogP contribution in [0.1, 0.15) is 22.3 Å². The van der Waals surface area contributed by atoms with Crippen molar-refractivity contribution in [3.63, 3.8) is 0 Å². The van der Waals surface area contributed by atoms with Gasteiger partial charge in [0.2, 0.25) is 0 Å². The highest BCUT2D eigenvalue weighted by Crippen LogP contribution is 2.14. The van der Waals surface area contributed by atoms with Crippen LogP contribution in [0.25, 0.3) is 6.08 Å². The van der Waals surface area contributed by atoms with Gasteiger partial charge in [0.1, 0.15) is 11.6 Å². The summed E-state index contributed by atoms with van der Waals surface area (Å²) >= 11 is 0. The number of ether oxygens (including phenoxy) is 1. The second-order valence-electron chi connectivity index (χ2n) is 4.70. The molecule has 0 aliphatic carbocycles. The molecule has 2 aromatic rings. The van der Waals surface area contributed by atoms with E-state index in [-0.39, 0.29) is 18.2 Å². The lowest BCUT2D eigenvalue weighted by atomic mass is 10.1. The first kappa shape index (κ1) is 15.9. The molecule has 2 aromatic carbocycles. The first-order valence-corrected chi connectivity index (χ1v) is 7.01. The summed E-state index contributed by atoms with van der Waals surface area (Å²) in [5.41, 5.74) is 1.31. The van der Waals surface area contributed by atoms with E-state index in [4.69, 9.17) is 9.84 Å². The molecule has 114 valence electrons. The maximum absolute atomic E-state index is 12.8. The quantitative estimate of drug-likeness (QED) is 0.484. The molecule has 1 N–H and O–H groups in total. The first-order chi connectivity index (χ1) is 10.7. The van der Waals surface area contributed by atoms with Crippen molar-refractivity contribution >= 4 is 11.9 Å². The minimum atomic E-state index is -0.305. The highest BCUT2D eigenvalue weighted by atomic mass is 19.1. The van der Waals surface area contributed by atoms with Gasteiger partial charge in [-0.05, 0) is 48.0 Å². The minimum absolute atomic E-state index is 0.0880. The molecule has 0 aromatic heterocycles. The fourth-order valence-electron chi connectivity index (χ4n) is 1.81. The highest BCUT2D eigenvalue weighted by Gasteiger charge is 2.02. The molecule has 2 rings (SSSR count). The second kappa shape index (κ2) is 8.10. The van der Waals surface area contributed by atoms with E-state index in [1.807, 2.05) is 0 Å². The highest BCUT2D eigenvalue weighted by molar-refractivity contribution is 6.06. The Hall–Kier alpha value is -2.46. The van der Waals surface area contributed by atoms with Gasteiger partial charge in [0.25, 0.3) is 0 Å². The molecular formula is C18H17FO3. The molecule has 22 heavy (non-hydrogen) atoms. The zero-order valence-electron chi connectivity index (χ0n) is 12.0. The molecule has 0 amide bonds. The molecule has 0 fully saturated rings. The Labute approximate surface area is 128 Å². The maximum atomic E-state index is 12.8. The van der Waals surface area contributed by atoms with E-state index in [2.05, 4.69) is 0 Å². The van der Waals surface area contributed by atoms with Crippen LogP contribution in [0.5, 0.6) is 5.75 Å². The molecule has 0 aliphatic rings. The number of carbonyl (C=O) groups is 1. The zero-order chi connectivity index (χ0) is 15.8. The van der Waals surface area contributed by atoms with Gasteiger partial charge in [-0.3, -0.25) is 4.79 Å². The summed E-state index contributed by atoms with van der Waals surface area (Å²) < 4.78 is 18.2. The van der Waals surface area contributed by atoms with Crippen molar-refractivity contribution in [3.05, 3.63) is 71.6 Å². The lowest BCUT2D eigenvalue weighted by Crippen LogP contribution is -2.00. The Balaban J connectivity index is 1.96. The van der Waals surface area contributed by atoms with E-state index in [1.165, 1.54) is 18.2 Å². The summed E-state index contributed by atoms with van der Waals surface area (Å²) in [5.74, 6) is 0.221. The third-order valence-electron chi connectivity index (χ3n) is 3.01. The average molecular weight is 300 g/mol. The van der Waals surface area contributed by atoms with Crippen LogP contribution in [0.15, 0.2) is 54.6 Å². The molecule has 4 heteroatoms. The van der Waals surface area contributed by atoms with Crippen LogP contribution >= 0.6 is 0 Å². The minimum Gasteiger partial charge on any atom is -0.494 e. The topological polar surface area (TPSA) is 46.5 Å². The SMILES string of the molecule is O=C(/C=C/c1ccc(F)cc1)c1ccc(OCCCO)cc1. The lowest BCUT2D eigenvalue weighted by molar-refractivity contribution is 0.104. The van der Waals surface area contributed by atoms with E-state index in [0.717, 1.165) is 5.56 Å². The Morgan fingerprint density at radius 1 is 1.09 bits per heavy atom. The van der Waals surface area contributed by atoms with Gasteiger partial charge < -0.3 is 9.84 Å². The number of carbonyl (C=O) groups excluding carboxylic acids is 1. The number of rotatable bonds is 7. The van der Waals surface area contributed by atoms with E-state index in [1.54, 1.807) is 42.5 Å². The monoisotopic (exact) mass is 300 g/mol. The molecule has 0 saturated heterocycles. The van der Waals surface area contributed by atoms with Crippen LogP contribution in [0.2, 0.25) is 0 Å². The average Bonchev–Trinajstić information content (AvgIpc) is 2.55. The van der Waals surface area contributed by atoms with Crippen LogP contribution in [0.4, 0.5) is 4.39 Å². The summed E-state index contributed by atoms with van der Waals surface area (Å²) in [6.07, 6.45) is 3.67. The number of ketones is 1. The standard InChI is InChI=1S/C18H17FO3/c19-16-7-2-14(3-8-16)4-11-18(21)15-5-9-17(10-6-15)22-13-1-12-20/h2-11,20H,1,12-13H2/b11-4+. The molecule has 3 nitrogen and oxygen atoms in total. The van der Waals surface area contributed by atoms with E-state index < -0.39 is 0 Å². The second-order valence-corrected chi connectivity index (χ2v) is 4.70. The number of aliphatic hydroxyl groups excluding tert-OH is 1. The van der Waals surface area contributed by atoms with Crippen molar-refractivity contribution in [1.82, 2.24) is 0 Å². The van der Waals surface area contributed by atoms with Crippen molar-refractivity contribution in [1.29, 1.82) is 0 Å². The predicted molar refractivity (Wildman–Crippen MR) is 83.4 cm³/mol. The van der Waals surface area contributed by atoms with Gasteiger partial charge in [0.05, 0.1) is 6.61 Å². The molecule has 0 atom stereocenters. The summed E-state index contributed by atoms with van der Waals surface area (Å²) in [7, 11) is 0. The Bertz CT molecular complexity index is 630. The van der Waals surface area contributed by atoms with Crippen LogP contribution in [0, 0.1) is 5.82 Å². The van der Waals surface area contributed by atoms with E-state index in [9.17, 15) is 9.18 Å². The van der Waals surface area contributed by atoms with Gasteiger partial charge in [-0.15, -0.1) is 0 Å². The summed E-state index contributed by atoms with van der Waals surface area (Å²) in [6, 6.07) is 12.7.